The van der Waals surface area contributed by atoms with E-state index in [4.69, 9.17) is 0 Å². The third-order valence-electron chi connectivity index (χ3n) is 3.04. The van der Waals surface area contributed by atoms with Crippen molar-refractivity contribution in [2.75, 3.05) is 35.8 Å². The third-order valence-corrected chi connectivity index (χ3v) is 4.79. The zero-order valence-electron chi connectivity index (χ0n) is 10.2. The molecule has 1 unspecified atom stereocenters. The molecular weight excluding hydrogens is 259 g/mol. The Morgan fingerprint density at radius 1 is 1.56 bits per heavy atom. The molecule has 0 radical (unpaired) electrons. The summed E-state index contributed by atoms with van der Waals surface area (Å²) in [4.78, 5) is 9.34. The van der Waals surface area contributed by atoms with Crippen molar-refractivity contribution in [1.82, 2.24) is 9.97 Å². The Labute approximate surface area is 105 Å². The maximum atomic E-state index is 13.7. The Morgan fingerprint density at radius 2 is 2.28 bits per heavy atom. The van der Waals surface area contributed by atoms with Crippen LogP contribution in [0.25, 0.3) is 0 Å². The Kier molecular flexibility index (Phi) is 3.38. The second-order valence-corrected chi connectivity index (χ2v) is 6.51. The molecule has 8 heteroatoms. The first-order valence-corrected chi connectivity index (χ1v) is 7.38. The number of sulfone groups is 1. The molecule has 1 aliphatic rings. The molecule has 0 spiro atoms. The van der Waals surface area contributed by atoms with Crippen LogP contribution < -0.4 is 10.2 Å². The van der Waals surface area contributed by atoms with Crippen molar-refractivity contribution in [3.63, 3.8) is 0 Å². The van der Waals surface area contributed by atoms with Crippen molar-refractivity contribution < 1.29 is 12.8 Å². The van der Waals surface area contributed by atoms with E-state index < -0.39 is 15.7 Å². The number of rotatable bonds is 3. The van der Waals surface area contributed by atoms with Crippen LogP contribution in [0.4, 0.5) is 16.2 Å². The first kappa shape index (κ1) is 13.0. The number of aromatic nitrogens is 2. The summed E-state index contributed by atoms with van der Waals surface area (Å²) in [5.74, 6) is 0.0615. The quantitative estimate of drug-likeness (QED) is 0.853. The van der Waals surface area contributed by atoms with Crippen molar-refractivity contribution in [3.05, 3.63) is 12.0 Å². The average molecular weight is 274 g/mol. The highest BCUT2D eigenvalue weighted by molar-refractivity contribution is 7.91. The Hall–Kier alpha value is -1.44. The topological polar surface area (TPSA) is 75.2 Å². The largest absolute Gasteiger partial charge is 0.357 e. The lowest BCUT2D eigenvalue weighted by Gasteiger charge is -2.24. The summed E-state index contributed by atoms with van der Waals surface area (Å²) in [6, 6.07) is -0.232. The van der Waals surface area contributed by atoms with Crippen LogP contribution in [0.2, 0.25) is 0 Å². The molecule has 0 aliphatic carbocycles. The lowest BCUT2D eigenvalue weighted by atomic mass is 10.2. The Morgan fingerprint density at radius 3 is 2.83 bits per heavy atom. The van der Waals surface area contributed by atoms with E-state index in [0.29, 0.717) is 12.4 Å². The second-order valence-electron chi connectivity index (χ2n) is 4.28. The first-order chi connectivity index (χ1) is 8.43. The van der Waals surface area contributed by atoms with Gasteiger partial charge in [0.05, 0.1) is 17.7 Å². The predicted molar refractivity (Wildman–Crippen MR) is 67.0 cm³/mol. The van der Waals surface area contributed by atoms with Crippen LogP contribution in [0, 0.1) is 5.82 Å². The minimum absolute atomic E-state index is 0.0435. The molecule has 1 aromatic heterocycles. The average Bonchev–Trinajstić information content (AvgIpc) is 2.69. The highest BCUT2D eigenvalue weighted by atomic mass is 32.2. The van der Waals surface area contributed by atoms with Crippen LogP contribution in [-0.2, 0) is 9.84 Å². The molecule has 1 atom stereocenters. The van der Waals surface area contributed by atoms with Crippen molar-refractivity contribution in [1.29, 1.82) is 0 Å². The Balaban J connectivity index is 2.26. The number of nitrogens with one attached hydrogen (secondary N) is 1. The van der Waals surface area contributed by atoms with Crippen LogP contribution in [0.1, 0.15) is 6.42 Å². The molecule has 1 fully saturated rings. The van der Waals surface area contributed by atoms with Crippen molar-refractivity contribution in [2.45, 2.75) is 12.5 Å². The molecule has 1 aliphatic heterocycles. The van der Waals surface area contributed by atoms with E-state index in [9.17, 15) is 12.8 Å². The highest BCUT2D eigenvalue weighted by Crippen LogP contribution is 2.23. The molecule has 0 aromatic carbocycles. The maximum absolute atomic E-state index is 13.7. The van der Waals surface area contributed by atoms with Crippen LogP contribution in [0.15, 0.2) is 6.20 Å². The van der Waals surface area contributed by atoms with Crippen LogP contribution in [-0.4, -0.2) is 50.0 Å². The normalized spacial score (nSPS) is 21.8. The predicted octanol–water partition coefficient (Wildman–Crippen LogP) is 0.281. The van der Waals surface area contributed by atoms with E-state index in [1.54, 1.807) is 19.0 Å². The van der Waals surface area contributed by atoms with E-state index in [1.165, 1.54) is 0 Å². The van der Waals surface area contributed by atoms with Crippen molar-refractivity contribution >= 4 is 21.6 Å². The van der Waals surface area contributed by atoms with Gasteiger partial charge in [0.2, 0.25) is 5.95 Å². The summed E-state index contributed by atoms with van der Waals surface area (Å²) in [5.41, 5.74) is 0. The van der Waals surface area contributed by atoms with E-state index in [-0.39, 0.29) is 23.4 Å². The standard InChI is InChI=1S/C10H15FN4O2S/c1-12-10-13-5-8(11)9(14-10)15(2)7-3-4-18(16,17)6-7/h5,7H,3-4,6H2,1-2H3,(H,12,13,14). The zero-order valence-corrected chi connectivity index (χ0v) is 11.0. The van der Waals surface area contributed by atoms with Gasteiger partial charge in [0.25, 0.3) is 0 Å². The lowest BCUT2D eigenvalue weighted by molar-refractivity contribution is 0.588. The maximum Gasteiger partial charge on any atom is 0.224 e. The number of nitrogens with zero attached hydrogens (tertiary/aromatic N) is 3. The number of anilines is 2. The lowest BCUT2D eigenvalue weighted by Crippen LogP contribution is -2.34. The van der Waals surface area contributed by atoms with Gasteiger partial charge in [-0.3, -0.25) is 0 Å². The fourth-order valence-corrected chi connectivity index (χ4v) is 3.75. The second kappa shape index (κ2) is 4.68. The first-order valence-electron chi connectivity index (χ1n) is 5.56. The van der Waals surface area contributed by atoms with Gasteiger partial charge in [-0.25, -0.2) is 17.8 Å². The van der Waals surface area contributed by atoms with Crippen LogP contribution >= 0.6 is 0 Å². The monoisotopic (exact) mass is 274 g/mol. The molecule has 2 heterocycles. The smallest absolute Gasteiger partial charge is 0.224 e. The molecule has 0 bridgehead atoms. The van der Waals surface area contributed by atoms with Gasteiger partial charge in [0, 0.05) is 20.1 Å². The van der Waals surface area contributed by atoms with E-state index >= 15 is 0 Å². The van der Waals surface area contributed by atoms with Gasteiger partial charge in [0.1, 0.15) is 0 Å². The number of hydrogen-bond donors (Lipinski definition) is 1. The molecule has 100 valence electrons. The molecule has 0 amide bonds. The van der Waals surface area contributed by atoms with E-state index in [0.717, 1.165) is 6.20 Å². The third kappa shape index (κ3) is 2.53. The molecule has 1 N–H and O–H groups in total. The van der Waals surface area contributed by atoms with Gasteiger partial charge in [-0.15, -0.1) is 0 Å². The van der Waals surface area contributed by atoms with Gasteiger partial charge >= 0.3 is 0 Å². The molecule has 0 saturated carbocycles. The summed E-state index contributed by atoms with van der Waals surface area (Å²) in [6.07, 6.45) is 1.57. The van der Waals surface area contributed by atoms with Gasteiger partial charge in [0.15, 0.2) is 21.5 Å². The highest BCUT2D eigenvalue weighted by Gasteiger charge is 2.32. The summed E-state index contributed by atoms with van der Waals surface area (Å²) >= 11 is 0. The minimum Gasteiger partial charge on any atom is -0.357 e. The SMILES string of the molecule is CNc1ncc(F)c(N(C)C2CCS(=O)(=O)C2)n1. The summed E-state index contributed by atoms with van der Waals surface area (Å²) < 4.78 is 36.5. The van der Waals surface area contributed by atoms with Gasteiger partial charge < -0.3 is 10.2 Å². The van der Waals surface area contributed by atoms with Crippen molar-refractivity contribution in [2.24, 2.45) is 0 Å². The summed E-state index contributed by atoms with van der Waals surface area (Å²) in [6.45, 7) is 0. The Bertz CT molecular complexity index is 549. The van der Waals surface area contributed by atoms with Gasteiger partial charge in [-0.1, -0.05) is 0 Å². The molecule has 1 aromatic rings. The van der Waals surface area contributed by atoms with Crippen LogP contribution in [0.5, 0.6) is 0 Å². The van der Waals surface area contributed by atoms with E-state index in [1.807, 2.05) is 0 Å². The van der Waals surface area contributed by atoms with Crippen molar-refractivity contribution in [3.8, 4) is 0 Å². The molecule has 6 nitrogen and oxygen atoms in total. The number of hydrogen-bond acceptors (Lipinski definition) is 6. The fourth-order valence-electron chi connectivity index (χ4n) is 1.98. The van der Waals surface area contributed by atoms with Crippen LogP contribution in [0.3, 0.4) is 0 Å². The number of halogens is 1. The molecule has 2 rings (SSSR count). The molecule has 18 heavy (non-hydrogen) atoms. The van der Waals surface area contributed by atoms with Gasteiger partial charge in [-0.05, 0) is 6.42 Å². The molecule has 1 saturated heterocycles. The summed E-state index contributed by atoms with van der Waals surface area (Å²) in [5, 5.41) is 2.72. The zero-order chi connectivity index (χ0) is 13.3. The van der Waals surface area contributed by atoms with E-state index in [2.05, 4.69) is 15.3 Å². The van der Waals surface area contributed by atoms with Gasteiger partial charge in [-0.2, -0.15) is 4.98 Å². The molecular formula is C10H15FN4O2S. The summed E-state index contributed by atoms with van der Waals surface area (Å²) in [7, 11) is 0.285. The minimum atomic E-state index is -3.00. The fraction of sp³-hybridized carbons (Fsp3) is 0.600.